The lowest BCUT2D eigenvalue weighted by Gasteiger charge is -2.32. The van der Waals surface area contributed by atoms with Crippen LogP contribution >= 0.6 is 35.7 Å². The molecule has 2 rings (SSSR count). The average Bonchev–Trinajstić information content (AvgIpc) is 2.66. The highest BCUT2D eigenvalue weighted by atomic mass is 127. The molecule has 27 heavy (non-hydrogen) atoms. The summed E-state index contributed by atoms with van der Waals surface area (Å²) in [4.78, 5) is 18.9. The van der Waals surface area contributed by atoms with E-state index in [9.17, 15) is 9.18 Å². The number of halogens is 2. The molecule has 0 unspecified atom stereocenters. The number of likely N-dealkylation sites (N-methyl/N-ethyl adjacent to an activating group) is 1. The third-order valence-corrected chi connectivity index (χ3v) is 5.29. The summed E-state index contributed by atoms with van der Waals surface area (Å²) >= 11 is 1.68. The quantitative estimate of drug-likeness (QED) is 0.172. The van der Waals surface area contributed by atoms with E-state index in [-0.39, 0.29) is 35.7 Å². The summed E-state index contributed by atoms with van der Waals surface area (Å²) in [6.45, 7) is 3.05. The first-order valence-electron chi connectivity index (χ1n) is 8.89. The average molecular weight is 509 g/mol. The molecule has 0 aliphatic carbocycles. The molecule has 0 aromatic heterocycles. The van der Waals surface area contributed by atoms with Gasteiger partial charge in [0.05, 0.1) is 6.54 Å². The molecule has 0 bridgehead atoms. The minimum absolute atomic E-state index is 0. The molecule has 9 heteroatoms. The molecule has 0 saturated carbocycles. The number of benzene rings is 1. The lowest BCUT2D eigenvalue weighted by molar-refractivity contribution is -0.122. The summed E-state index contributed by atoms with van der Waals surface area (Å²) in [5.41, 5.74) is 0. The van der Waals surface area contributed by atoms with E-state index in [4.69, 9.17) is 0 Å². The molecular weight excluding hydrogens is 480 g/mol. The number of hydrogen-bond donors (Lipinski definition) is 3. The summed E-state index contributed by atoms with van der Waals surface area (Å²) < 4.78 is 12.9. The molecule has 3 N–H and O–H groups in total. The van der Waals surface area contributed by atoms with Crippen molar-refractivity contribution in [3.05, 3.63) is 30.1 Å². The van der Waals surface area contributed by atoms with Crippen molar-refractivity contribution >= 4 is 47.6 Å². The minimum Gasteiger partial charge on any atom is -0.358 e. The number of nitrogens with one attached hydrogen (secondary N) is 3. The number of likely N-dealkylation sites (tertiary alicyclic amines) is 1. The zero-order valence-electron chi connectivity index (χ0n) is 15.8. The maximum Gasteiger partial charge on any atom is 0.233 e. The highest BCUT2D eigenvalue weighted by Gasteiger charge is 2.21. The van der Waals surface area contributed by atoms with Crippen molar-refractivity contribution in [3.63, 3.8) is 0 Å². The smallest absolute Gasteiger partial charge is 0.233 e. The van der Waals surface area contributed by atoms with Gasteiger partial charge in [0.25, 0.3) is 0 Å². The van der Waals surface area contributed by atoms with Gasteiger partial charge in [0, 0.05) is 50.4 Å². The molecule has 1 amide bonds. The molecule has 1 aromatic carbocycles. The maximum atomic E-state index is 12.9. The Bertz CT molecular complexity index is 594. The Hall–Kier alpha value is -1.07. The highest BCUT2D eigenvalue weighted by Crippen LogP contribution is 2.17. The van der Waals surface area contributed by atoms with Gasteiger partial charge in [-0.05, 0) is 37.1 Å². The zero-order chi connectivity index (χ0) is 18.8. The molecule has 1 fully saturated rings. The molecule has 1 aliphatic heterocycles. The van der Waals surface area contributed by atoms with Gasteiger partial charge in [-0.1, -0.05) is 0 Å². The number of carbonyl (C=O) groups excluding carboxylic acids is 1. The number of hydrogen-bond acceptors (Lipinski definition) is 4. The highest BCUT2D eigenvalue weighted by molar-refractivity contribution is 14.0. The van der Waals surface area contributed by atoms with Gasteiger partial charge in [-0.25, -0.2) is 4.39 Å². The molecule has 1 saturated heterocycles. The summed E-state index contributed by atoms with van der Waals surface area (Å²) in [7, 11) is 3.43. The van der Waals surface area contributed by atoms with Gasteiger partial charge in [0.2, 0.25) is 5.91 Å². The number of carbonyl (C=O) groups is 1. The number of piperidine rings is 1. The van der Waals surface area contributed by atoms with E-state index in [2.05, 4.69) is 25.8 Å². The number of nitrogens with zero attached hydrogens (tertiary/aromatic N) is 2. The maximum absolute atomic E-state index is 12.9. The molecule has 152 valence electrons. The van der Waals surface area contributed by atoms with Gasteiger partial charge in [-0.3, -0.25) is 14.7 Å². The van der Waals surface area contributed by atoms with E-state index < -0.39 is 0 Å². The van der Waals surface area contributed by atoms with Crippen molar-refractivity contribution in [3.8, 4) is 0 Å². The Kier molecular flexibility index (Phi) is 11.7. The van der Waals surface area contributed by atoms with Crippen LogP contribution in [0.15, 0.2) is 34.2 Å². The molecule has 1 heterocycles. The Morgan fingerprint density at radius 1 is 1.30 bits per heavy atom. The lowest BCUT2D eigenvalue weighted by Crippen LogP contribution is -2.50. The van der Waals surface area contributed by atoms with Gasteiger partial charge in [-0.15, -0.1) is 35.7 Å². The predicted molar refractivity (Wildman–Crippen MR) is 121 cm³/mol. The zero-order valence-corrected chi connectivity index (χ0v) is 19.0. The van der Waals surface area contributed by atoms with Crippen LogP contribution in [0.2, 0.25) is 0 Å². The Labute approximate surface area is 182 Å². The van der Waals surface area contributed by atoms with Crippen molar-refractivity contribution in [1.29, 1.82) is 0 Å². The topological polar surface area (TPSA) is 68.8 Å². The van der Waals surface area contributed by atoms with E-state index in [1.807, 2.05) is 0 Å². The molecule has 0 atom stereocenters. The van der Waals surface area contributed by atoms with Gasteiger partial charge < -0.3 is 16.0 Å². The number of thioether (sulfide) groups is 1. The first-order valence-corrected chi connectivity index (χ1v) is 9.87. The number of amides is 1. The van der Waals surface area contributed by atoms with Gasteiger partial charge >= 0.3 is 0 Å². The normalized spacial score (nSPS) is 15.7. The lowest BCUT2D eigenvalue weighted by atomic mass is 10.1. The van der Waals surface area contributed by atoms with Crippen LogP contribution in [0, 0.1) is 5.82 Å². The van der Waals surface area contributed by atoms with Crippen LogP contribution in [0.4, 0.5) is 4.39 Å². The second-order valence-electron chi connectivity index (χ2n) is 6.17. The first kappa shape index (κ1) is 24.0. The Morgan fingerprint density at radius 2 is 1.96 bits per heavy atom. The minimum atomic E-state index is -0.210. The first-order chi connectivity index (χ1) is 12.6. The van der Waals surface area contributed by atoms with Gasteiger partial charge in [0.15, 0.2) is 5.96 Å². The molecule has 1 aliphatic rings. The molecular formula is C18H29FIN5OS. The van der Waals surface area contributed by atoms with Gasteiger partial charge in [0.1, 0.15) is 5.82 Å². The fourth-order valence-corrected chi connectivity index (χ4v) is 3.54. The third kappa shape index (κ3) is 9.11. The van der Waals surface area contributed by atoms with Crippen LogP contribution in [-0.2, 0) is 4.79 Å². The van der Waals surface area contributed by atoms with Crippen LogP contribution in [-0.4, -0.2) is 68.8 Å². The van der Waals surface area contributed by atoms with Crippen molar-refractivity contribution in [2.75, 3.05) is 46.0 Å². The SMILES string of the molecule is CN=C(NCCSc1ccc(F)cc1)NC1CCN(CC(=O)NC)CC1.I. The number of guanidine groups is 1. The van der Waals surface area contributed by atoms with Crippen LogP contribution in [0.5, 0.6) is 0 Å². The molecule has 0 spiro atoms. The second-order valence-corrected chi connectivity index (χ2v) is 7.34. The summed E-state index contributed by atoms with van der Waals surface area (Å²) in [6, 6.07) is 6.91. The Balaban J connectivity index is 0.00000364. The predicted octanol–water partition coefficient (Wildman–Crippen LogP) is 1.91. The van der Waals surface area contributed by atoms with Crippen molar-refractivity contribution in [2.24, 2.45) is 4.99 Å². The van der Waals surface area contributed by atoms with Crippen molar-refractivity contribution in [2.45, 2.75) is 23.8 Å². The van der Waals surface area contributed by atoms with E-state index in [0.29, 0.717) is 12.6 Å². The molecule has 0 radical (unpaired) electrons. The van der Waals surface area contributed by atoms with Crippen LogP contribution in [0.3, 0.4) is 0 Å². The van der Waals surface area contributed by atoms with E-state index in [0.717, 1.165) is 49.1 Å². The van der Waals surface area contributed by atoms with Crippen molar-refractivity contribution in [1.82, 2.24) is 20.9 Å². The summed E-state index contributed by atoms with van der Waals surface area (Å²) in [6.07, 6.45) is 1.98. The van der Waals surface area contributed by atoms with Crippen LogP contribution < -0.4 is 16.0 Å². The largest absolute Gasteiger partial charge is 0.358 e. The second kappa shape index (κ2) is 13.2. The molecule has 6 nitrogen and oxygen atoms in total. The van der Waals surface area contributed by atoms with E-state index >= 15 is 0 Å². The van der Waals surface area contributed by atoms with Gasteiger partial charge in [-0.2, -0.15) is 0 Å². The summed E-state index contributed by atoms with van der Waals surface area (Å²) in [5, 5.41) is 9.43. The number of rotatable bonds is 7. The Morgan fingerprint density at radius 3 is 2.56 bits per heavy atom. The van der Waals surface area contributed by atoms with Crippen LogP contribution in [0.1, 0.15) is 12.8 Å². The van der Waals surface area contributed by atoms with Crippen LogP contribution in [0.25, 0.3) is 0 Å². The fourth-order valence-electron chi connectivity index (χ4n) is 2.77. The molecule has 1 aromatic rings. The monoisotopic (exact) mass is 509 g/mol. The third-order valence-electron chi connectivity index (χ3n) is 4.27. The standard InChI is InChI=1S/C18H28FN5OS.HI/c1-20-17(25)13-24-10-7-15(8-11-24)23-18(21-2)22-9-12-26-16-5-3-14(19)4-6-16;/h3-6,15H,7-13H2,1-2H3,(H,20,25)(H2,21,22,23);1H. The van der Waals surface area contributed by atoms with Crippen molar-refractivity contribution < 1.29 is 9.18 Å². The van der Waals surface area contributed by atoms with E-state index in [1.54, 1.807) is 38.0 Å². The summed E-state index contributed by atoms with van der Waals surface area (Å²) in [5.74, 6) is 1.53. The number of aliphatic imine (C=N–C) groups is 1. The van der Waals surface area contributed by atoms with E-state index in [1.165, 1.54) is 12.1 Å². The fraction of sp³-hybridized carbons (Fsp3) is 0.556.